The van der Waals surface area contributed by atoms with E-state index < -0.39 is 23.5 Å². The van der Waals surface area contributed by atoms with Crippen LogP contribution in [-0.2, 0) is 16.1 Å². The first kappa shape index (κ1) is 29.0. The van der Waals surface area contributed by atoms with Gasteiger partial charge in [0, 0.05) is 24.2 Å². The second kappa shape index (κ2) is 14.4. The quantitative estimate of drug-likeness (QED) is 0.131. The summed E-state index contributed by atoms with van der Waals surface area (Å²) in [6.45, 7) is 1.41. The number of amides is 2. The number of hydrogen-bond donors (Lipinski definition) is 7. The highest BCUT2D eigenvalue weighted by Crippen LogP contribution is 2.12. The number of aromatic nitrogens is 4. The Hall–Kier alpha value is -4.59. The minimum Gasteiger partial charge on any atom is -0.480 e. The van der Waals surface area contributed by atoms with Crippen LogP contribution >= 0.6 is 0 Å². The Morgan fingerprint density at radius 1 is 1.05 bits per heavy atom. The van der Waals surface area contributed by atoms with E-state index in [1.165, 1.54) is 18.3 Å². The molecule has 0 aliphatic rings. The molecule has 2 amide bonds. The molecule has 0 fully saturated rings. The van der Waals surface area contributed by atoms with Crippen molar-refractivity contribution in [3.8, 4) is 0 Å². The van der Waals surface area contributed by atoms with Crippen LogP contribution in [0.25, 0.3) is 11.2 Å². The van der Waals surface area contributed by atoms with Crippen molar-refractivity contribution in [3.63, 3.8) is 0 Å². The molecule has 1 unspecified atom stereocenters. The van der Waals surface area contributed by atoms with Crippen molar-refractivity contribution < 1.29 is 19.5 Å². The number of nitrogens with two attached hydrogens (primary N) is 2. The number of hydrogen-bond acceptors (Lipinski definition) is 10. The number of nitrogens with one attached hydrogen (secondary N) is 4. The number of fused-ring (bicyclic) bond motifs is 1. The van der Waals surface area contributed by atoms with Gasteiger partial charge in [-0.05, 0) is 50.1 Å². The molecule has 0 radical (unpaired) electrons. The van der Waals surface area contributed by atoms with Gasteiger partial charge in [-0.15, -0.1) is 0 Å². The number of nitrogen functional groups attached to an aromatic ring is 1. The Morgan fingerprint density at radius 3 is 2.51 bits per heavy atom. The molecule has 0 saturated heterocycles. The third-order valence-electron chi connectivity index (χ3n) is 5.82. The van der Waals surface area contributed by atoms with Crippen molar-refractivity contribution in [1.82, 2.24) is 30.6 Å². The summed E-state index contributed by atoms with van der Waals surface area (Å²) < 4.78 is 0. The van der Waals surface area contributed by atoms with Crippen LogP contribution in [0.2, 0.25) is 0 Å². The summed E-state index contributed by atoms with van der Waals surface area (Å²) in [5.41, 5.74) is 12.1. The topological polar surface area (TPSA) is 231 Å². The van der Waals surface area contributed by atoms with Crippen molar-refractivity contribution >= 4 is 40.6 Å². The SMILES string of the molecule is NCCCCCCNC(=O)CCC(NC(=O)c1ccc(NCc2cnc3nc(N)[nH]c(=O)c3n2)cc1)C(=O)O. The number of carbonyl (C=O) groups is 3. The predicted molar refractivity (Wildman–Crippen MR) is 145 cm³/mol. The molecule has 208 valence electrons. The molecule has 0 aliphatic heterocycles. The zero-order valence-corrected chi connectivity index (χ0v) is 21.4. The fraction of sp³-hybridized carbons (Fsp3) is 0.400. The van der Waals surface area contributed by atoms with E-state index in [1.807, 2.05) is 0 Å². The van der Waals surface area contributed by atoms with Gasteiger partial charge in [0.25, 0.3) is 11.5 Å². The van der Waals surface area contributed by atoms with Gasteiger partial charge in [-0.25, -0.2) is 14.8 Å². The van der Waals surface area contributed by atoms with E-state index in [0.29, 0.717) is 24.5 Å². The van der Waals surface area contributed by atoms with Gasteiger partial charge in [0.2, 0.25) is 11.9 Å². The van der Waals surface area contributed by atoms with Crippen molar-refractivity contribution in [2.75, 3.05) is 24.1 Å². The van der Waals surface area contributed by atoms with E-state index >= 15 is 0 Å². The highest BCUT2D eigenvalue weighted by molar-refractivity contribution is 5.97. The largest absolute Gasteiger partial charge is 0.480 e. The molecular weight excluding hydrogens is 506 g/mol. The molecule has 3 rings (SSSR count). The highest BCUT2D eigenvalue weighted by atomic mass is 16.4. The minimum atomic E-state index is -1.22. The number of rotatable bonds is 15. The lowest BCUT2D eigenvalue weighted by Crippen LogP contribution is -2.41. The second-order valence-electron chi connectivity index (χ2n) is 8.87. The zero-order chi connectivity index (χ0) is 28.2. The van der Waals surface area contributed by atoms with Crippen LogP contribution < -0.4 is 33.0 Å². The second-order valence-corrected chi connectivity index (χ2v) is 8.87. The van der Waals surface area contributed by atoms with Gasteiger partial charge in [0.1, 0.15) is 6.04 Å². The number of carboxylic acid groups (broad SMARTS) is 1. The van der Waals surface area contributed by atoms with E-state index in [0.717, 1.165) is 25.7 Å². The Morgan fingerprint density at radius 2 is 1.79 bits per heavy atom. The van der Waals surface area contributed by atoms with Crippen molar-refractivity contribution in [1.29, 1.82) is 0 Å². The van der Waals surface area contributed by atoms with E-state index in [9.17, 15) is 24.3 Å². The third-order valence-corrected chi connectivity index (χ3v) is 5.82. The normalized spacial score (nSPS) is 11.6. The number of unbranched alkanes of at least 4 members (excludes halogenated alkanes) is 3. The maximum atomic E-state index is 12.6. The van der Waals surface area contributed by atoms with Crippen LogP contribution in [0.4, 0.5) is 11.6 Å². The number of aliphatic carboxylic acids is 1. The van der Waals surface area contributed by atoms with Gasteiger partial charge in [-0.2, -0.15) is 4.98 Å². The average Bonchev–Trinajstić information content (AvgIpc) is 2.91. The fourth-order valence-electron chi connectivity index (χ4n) is 3.70. The molecule has 39 heavy (non-hydrogen) atoms. The molecule has 0 aliphatic carbocycles. The molecule has 1 atom stereocenters. The first-order chi connectivity index (χ1) is 18.8. The van der Waals surface area contributed by atoms with Gasteiger partial charge in [0.05, 0.1) is 18.4 Å². The first-order valence-corrected chi connectivity index (χ1v) is 12.6. The van der Waals surface area contributed by atoms with Crippen LogP contribution in [0.1, 0.15) is 54.6 Å². The van der Waals surface area contributed by atoms with Crippen LogP contribution in [0.15, 0.2) is 35.3 Å². The predicted octanol–water partition coefficient (Wildman–Crippen LogP) is 0.506. The lowest BCUT2D eigenvalue weighted by Gasteiger charge is -2.15. The summed E-state index contributed by atoms with van der Waals surface area (Å²) in [4.78, 5) is 62.9. The maximum absolute atomic E-state index is 12.6. The summed E-state index contributed by atoms with van der Waals surface area (Å²) in [6, 6.07) is 5.17. The molecule has 0 bridgehead atoms. The molecule has 1 aromatic carbocycles. The van der Waals surface area contributed by atoms with E-state index in [2.05, 4.69) is 35.9 Å². The third kappa shape index (κ3) is 9.03. The van der Waals surface area contributed by atoms with E-state index in [4.69, 9.17) is 11.5 Å². The smallest absolute Gasteiger partial charge is 0.326 e. The molecule has 14 heteroatoms. The van der Waals surface area contributed by atoms with Crippen LogP contribution in [0.5, 0.6) is 0 Å². The van der Waals surface area contributed by atoms with Crippen LogP contribution in [-0.4, -0.2) is 62.0 Å². The Labute approximate surface area is 224 Å². The van der Waals surface area contributed by atoms with Gasteiger partial charge in [-0.1, -0.05) is 12.8 Å². The summed E-state index contributed by atoms with van der Waals surface area (Å²) in [5.74, 6) is -2.09. The standard InChI is InChI=1S/C25H33N9O5/c26-11-3-1-2-4-12-28-19(35)10-9-18(24(38)39)32-22(36)15-5-7-16(8-6-15)29-13-17-14-30-21-20(31-17)23(37)34-25(27)33-21/h5-8,14,18,29H,1-4,9-13,26H2,(H,28,35)(H,32,36)(H,38,39)(H3,27,30,33,34,37). The van der Waals surface area contributed by atoms with Crippen molar-refractivity contribution in [3.05, 3.63) is 52.1 Å². The summed E-state index contributed by atoms with van der Waals surface area (Å²) in [5, 5.41) is 17.8. The monoisotopic (exact) mass is 539 g/mol. The highest BCUT2D eigenvalue weighted by Gasteiger charge is 2.21. The van der Waals surface area contributed by atoms with Gasteiger partial charge >= 0.3 is 5.97 Å². The molecule has 0 spiro atoms. The summed E-state index contributed by atoms with van der Waals surface area (Å²) in [7, 11) is 0. The van der Waals surface area contributed by atoms with E-state index in [-0.39, 0.29) is 48.0 Å². The average molecular weight is 540 g/mol. The van der Waals surface area contributed by atoms with Crippen LogP contribution in [0, 0.1) is 0 Å². The van der Waals surface area contributed by atoms with Gasteiger partial charge < -0.3 is 32.5 Å². The minimum absolute atomic E-state index is 0.0180. The Kier molecular flexibility index (Phi) is 10.7. The van der Waals surface area contributed by atoms with E-state index in [1.54, 1.807) is 12.1 Å². The number of H-pyrrole nitrogens is 1. The lowest BCUT2D eigenvalue weighted by molar-refractivity contribution is -0.139. The molecule has 2 aromatic heterocycles. The van der Waals surface area contributed by atoms with Crippen molar-refractivity contribution in [2.45, 2.75) is 51.1 Å². The molecule has 3 aromatic rings. The molecule has 2 heterocycles. The maximum Gasteiger partial charge on any atom is 0.326 e. The fourth-order valence-corrected chi connectivity index (χ4v) is 3.70. The number of anilines is 2. The summed E-state index contributed by atoms with van der Waals surface area (Å²) in [6.07, 6.45) is 5.17. The number of benzene rings is 1. The van der Waals surface area contributed by atoms with Crippen LogP contribution in [0.3, 0.4) is 0 Å². The Balaban J connectivity index is 1.47. The van der Waals surface area contributed by atoms with Gasteiger partial charge in [-0.3, -0.25) is 19.4 Å². The molecular formula is C25H33N9O5. The zero-order valence-electron chi connectivity index (χ0n) is 21.4. The number of carboxylic acids is 1. The molecule has 9 N–H and O–H groups in total. The first-order valence-electron chi connectivity index (χ1n) is 12.6. The lowest BCUT2D eigenvalue weighted by atomic mass is 10.1. The van der Waals surface area contributed by atoms with Crippen molar-refractivity contribution in [2.24, 2.45) is 5.73 Å². The Bertz CT molecular complexity index is 1340. The number of aromatic amines is 1. The number of carbonyl (C=O) groups excluding carboxylic acids is 2. The molecule has 14 nitrogen and oxygen atoms in total. The van der Waals surface area contributed by atoms with Gasteiger partial charge in [0.15, 0.2) is 11.2 Å². The molecule has 0 saturated carbocycles. The summed E-state index contributed by atoms with van der Waals surface area (Å²) >= 11 is 0. The number of nitrogens with zero attached hydrogens (tertiary/aromatic N) is 3.